The Labute approximate surface area is 220 Å². The Morgan fingerprint density at radius 3 is 1.87 bits per heavy atom. The average Bonchev–Trinajstić information content (AvgIpc) is 3.24. The Kier molecular flexibility index (Phi) is 5.81. The first-order chi connectivity index (χ1) is 18.6. The number of urea groups is 1. The Morgan fingerprint density at radius 1 is 0.684 bits per heavy atom. The maximum atomic E-state index is 14.1. The molecule has 0 atom stereocenters. The van der Waals surface area contributed by atoms with E-state index in [1.165, 1.54) is 0 Å². The van der Waals surface area contributed by atoms with Gasteiger partial charge >= 0.3 is 6.03 Å². The summed E-state index contributed by atoms with van der Waals surface area (Å²) in [4.78, 5) is 42.1. The highest BCUT2D eigenvalue weighted by molar-refractivity contribution is 6.23. The molecule has 0 radical (unpaired) electrons. The lowest BCUT2D eigenvalue weighted by Crippen LogP contribution is -2.45. The van der Waals surface area contributed by atoms with Gasteiger partial charge in [-0.2, -0.15) is 4.90 Å². The van der Waals surface area contributed by atoms with Crippen LogP contribution in [0, 0.1) is 0 Å². The predicted molar refractivity (Wildman–Crippen MR) is 147 cm³/mol. The third-order valence-corrected chi connectivity index (χ3v) is 7.07. The number of fused-ring (bicyclic) bond motifs is 1. The summed E-state index contributed by atoms with van der Waals surface area (Å²) in [6.07, 6.45) is 0.612. The van der Waals surface area contributed by atoms with Crippen LogP contribution in [0.3, 0.4) is 0 Å². The summed E-state index contributed by atoms with van der Waals surface area (Å²) < 4.78 is 0. The minimum atomic E-state index is -1.50. The minimum Gasteiger partial charge on any atom is -0.315 e. The van der Waals surface area contributed by atoms with Gasteiger partial charge in [0.15, 0.2) is 5.54 Å². The third kappa shape index (κ3) is 3.85. The summed E-state index contributed by atoms with van der Waals surface area (Å²) in [7, 11) is 0. The number of carbonyl (C=O) groups excluding carboxylic acids is 3. The fourth-order valence-electron chi connectivity index (χ4n) is 5.25. The van der Waals surface area contributed by atoms with Crippen molar-refractivity contribution < 1.29 is 14.4 Å². The quantitative estimate of drug-likeness (QED) is 0.237. The molecule has 0 spiro atoms. The van der Waals surface area contributed by atoms with Crippen LogP contribution in [0.25, 0.3) is 10.8 Å². The number of amides is 4. The van der Waals surface area contributed by atoms with Crippen molar-refractivity contribution in [2.75, 3.05) is 0 Å². The van der Waals surface area contributed by atoms with Gasteiger partial charge in [0.1, 0.15) is 0 Å². The van der Waals surface area contributed by atoms with Gasteiger partial charge in [-0.1, -0.05) is 115 Å². The molecule has 0 unspecified atom stereocenters. The van der Waals surface area contributed by atoms with E-state index in [0.717, 1.165) is 26.8 Å². The van der Waals surface area contributed by atoms with E-state index in [4.69, 9.17) is 0 Å². The largest absolute Gasteiger partial charge is 0.332 e. The molecule has 1 saturated heterocycles. The number of hydrogen-bond acceptors (Lipinski definition) is 3. The van der Waals surface area contributed by atoms with E-state index in [1.54, 1.807) is 36.4 Å². The maximum Gasteiger partial charge on any atom is 0.332 e. The van der Waals surface area contributed by atoms with Crippen molar-refractivity contribution in [1.82, 2.24) is 10.2 Å². The standard InChI is InChI=1S/C33H24N2O3/c36-30(26-21-24-14-10-11-19-29(24)25(22-26)20-23-12-4-1-5-13-23)35-31(37)33(34-32(35)38,27-15-6-2-7-16-27)28-17-8-3-9-18-28/h1-19,21-22H,20H2,(H,34,38). The number of hydrogen-bond donors (Lipinski definition) is 1. The van der Waals surface area contributed by atoms with Gasteiger partial charge in [-0.05, 0) is 51.6 Å². The highest BCUT2D eigenvalue weighted by atomic mass is 16.2. The number of nitrogens with one attached hydrogen (secondary N) is 1. The van der Waals surface area contributed by atoms with Crippen LogP contribution in [0.1, 0.15) is 32.6 Å². The highest BCUT2D eigenvalue weighted by Gasteiger charge is 2.56. The van der Waals surface area contributed by atoms with Gasteiger partial charge in [-0.3, -0.25) is 9.59 Å². The second-order valence-electron chi connectivity index (χ2n) is 9.38. The molecule has 6 rings (SSSR count). The van der Waals surface area contributed by atoms with E-state index in [9.17, 15) is 14.4 Å². The van der Waals surface area contributed by atoms with Crippen LogP contribution >= 0.6 is 0 Å². The van der Waals surface area contributed by atoms with Gasteiger partial charge in [-0.25, -0.2) is 4.79 Å². The molecule has 38 heavy (non-hydrogen) atoms. The zero-order valence-corrected chi connectivity index (χ0v) is 20.5. The second-order valence-corrected chi connectivity index (χ2v) is 9.38. The Morgan fingerprint density at radius 2 is 1.24 bits per heavy atom. The van der Waals surface area contributed by atoms with Crippen molar-refractivity contribution in [2.24, 2.45) is 0 Å². The number of rotatable bonds is 5. The molecule has 1 aliphatic rings. The van der Waals surface area contributed by atoms with Crippen LogP contribution in [0.15, 0.2) is 127 Å². The highest BCUT2D eigenvalue weighted by Crippen LogP contribution is 2.37. The molecule has 1 fully saturated rings. The van der Waals surface area contributed by atoms with Gasteiger partial charge < -0.3 is 5.32 Å². The molecule has 5 heteroatoms. The molecule has 0 bridgehead atoms. The van der Waals surface area contributed by atoms with Crippen LogP contribution in [-0.4, -0.2) is 22.7 Å². The molecule has 5 aromatic carbocycles. The van der Waals surface area contributed by atoms with Crippen LogP contribution in [0.4, 0.5) is 4.79 Å². The number of benzene rings is 5. The molecular formula is C33H24N2O3. The summed E-state index contributed by atoms with van der Waals surface area (Å²) in [5.41, 5.74) is 2.01. The van der Waals surface area contributed by atoms with Crippen LogP contribution in [-0.2, 0) is 16.8 Å². The molecule has 0 saturated carbocycles. The molecule has 5 nitrogen and oxygen atoms in total. The van der Waals surface area contributed by atoms with E-state index in [1.807, 2.05) is 91.0 Å². The summed E-state index contributed by atoms with van der Waals surface area (Å²) >= 11 is 0. The molecule has 1 N–H and O–H groups in total. The van der Waals surface area contributed by atoms with Crippen LogP contribution in [0.5, 0.6) is 0 Å². The first-order valence-corrected chi connectivity index (χ1v) is 12.5. The molecular weight excluding hydrogens is 472 g/mol. The smallest absolute Gasteiger partial charge is 0.315 e. The lowest BCUT2D eigenvalue weighted by Gasteiger charge is -2.27. The van der Waals surface area contributed by atoms with Crippen LogP contribution < -0.4 is 5.32 Å². The Balaban J connectivity index is 1.45. The fraction of sp³-hybridized carbons (Fsp3) is 0.0606. The van der Waals surface area contributed by atoms with Crippen molar-refractivity contribution >= 4 is 28.6 Å². The van der Waals surface area contributed by atoms with Crippen molar-refractivity contribution in [3.05, 3.63) is 155 Å². The average molecular weight is 497 g/mol. The van der Waals surface area contributed by atoms with Gasteiger partial charge in [0.2, 0.25) is 0 Å². The van der Waals surface area contributed by atoms with Gasteiger partial charge in [0.25, 0.3) is 11.8 Å². The van der Waals surface area contributed by atoms with Crippen molar-refractivity contribution in [3.8, 4) is 0 Å². The molecule has 4 amide bonds. The van der Waals surface area contributed by atoms with Crippen molar-refractivity contribution in [1.29, 1.82) is 0 Å². The zero-order chi connectivity index (χ0) is 26.1. The Hall–Kier alpha value is -5.03. The van der Waals surface area contributed by atoms with Gasteiger partial charge in [-0.15, -0.1) is 0 Å². The van der Waals surface area contributed by atoms with E-state index in [0.29, 0.717) is 17.5 Å². The summed E-state index contributed by atoms with van der Waals surface area (Å²) in [5, 5.41) is 4.75. The van der Waals surface area contributed by atoms with E-state index in [2.05, 4.69) is 5.32 Å². The first kappa shape index (κ1) is 23.4. The third-order valence-electron chi connectivity index (χ3n) is 7.07. The number of nitrogens with zero attached hydrogens (tertiary/aromatic N) is 1. The molecule has 5 aromatic rings. The summed E-state index contributed by atoms with van der Waals surface area (Å²) in [6, 6.07) is 38.7. The normalized spacial score (nSPS) is 14.5. The fourth-order valence-corrected chi connectivity index (χ4v) is 5.25. The van der Waals surface area contributed by atoms with Crippen LogP contribution in [0.2, 0.25) is 0 Å². The van der Waals surface area contributed by atoms with E-state index >= 15 is 0 Å². The van der Waals surface area contributed by atoms with Gasteiger partial charge in [0, 0.05) is 5.56 Å². The molecule has 184 valence electrons. The summed E-state index contributed by atoms with van der Waals surface area (Å²) in [6.45, 7) is 0. The van der Waals surface area contributed by atoms with E-state index < -0.39 is 23.4 Å². The number of carbonyl (C=O) groups is 3. The topological polar surface area (TPSA) is 66.5 Å². The predicted octanol–water partition coefficient (Wildman–Crippen LogP) is 6.07. The monoisotopic (exact) mass is 496 g/mol. The minimum absolute atomic E-state index is 0.287. The molecule has 0 aromatic heterocycles. The summed E-state index contributed by atoms with van der Waals surface area (Å²) in [5.74, 6) is -1.27. The lowest BCUT2D eigenvalue weighted by molar-refractivity contribution is -0.128. The lowest BCUT2D eigenvalue weighted by atomic mass is 9.82. The molecule has 1 heterocycles. The van der Waals surface area contributed by atoms with Crippen molar-refractivity contribution in [2.45, 2.75) is 12.0 Å². The van der Waals surface area contributed by atoms with Gasteiger partial charge in [0.05, 0.1) is 0 Å². The zero-order valence-electron chi connectivity index (χ0n) is 20.5. The SMILES string of the molecule is O=C1NC(c2ccccc2)(c2ccccc2)C(=O)N1C(=O)c1cc(Cc2ccccc2)c2ccccc2c1. The van der Waals surface area contributed by atoms with E-state index in [-0.39, 0.29) is 5.56 Å². The second kappa shape index (κ2) is 9.45. The first-order valence-electron chi connectivity index (χ1n) is 12.5. The number of imide groups is 3. The molecule has 1 aliphatic heterocycles. The molecule has 0 aliphatic carbocycles. The Bertz CT molecular complexity index is 1630. The van der Waals surface area contributed by atoms with Crippen molar-refractivity contribution in [3.63, 3.8) is 0 Å². The maximum absolute atomic E-state index is 14.1.